The van der Waals surface area contributed by atoms with E-state index in [-0.39, 0.29) is 12.5 Å². The number of rotatable bonds is 7. The number of hydrogen-bond acceptors (Lipinski definition) is 5. The molecule has 1 amide bonds. The van der Waals surface area contributed by atoms with Crippen LogP contribution >= 0.6 is 11.3 Å². The molecule has 0 bridgehead atoms. The van der Waals surface area contributed by atoms with Crippen LogP contribution < -0.4 is 10.1 Å². The second-order valence-electron chi connectivity index (χ2n) is 6.43. The number of ether oxygens (including phenoxy) is 2. The molecule has 5 nitrogen and oxygen atoms in total. The van der Waals surface area contributed by atoms with Crippen molar-refractivity contribution >= 4 is 28.2 Å². The Bertz CT molecular complexity index is 1010. The van der Waals surface area contributed by atoms with Gasteiger partial charge in [-0.15, -0.1) is 11.3 Å². The minimum Gasteiger partial charge on any atom is -0.484 e. The molecule has 3 aromatic rings. The predicted molar refractivity (Wildman–Crippen MR) is 116 cm³/mol. The predicted octanol–water partition coefficient (Wildman–Crippen LogP) is 5.09. The quantitative estimate of drug-likeness (QED) is 0.552. The minimum atomic E-state index is -0.486. The Morgan fingerprint density at radius 3 is 2.52 bits per heavy atom. The fraction of sp³-hybridized carbons (Fsp3) is 0.217. The molecule has 0 radical (unpaired) electrons. The molecule has 1 N–H and O–H groups in total. The van der Waals surface area contributed by atoms with Gasteiger partial charge in [0.25, 0.3) is 5.91 Å². The second-order valence-corrected chi connectivity index (χ2v) is 7.66. The number of anilines is 1. The van der Waals surface area contributed by atoms with Crippen molar-refractivity contribution in [2.75, 3.05) is 19.0 Å². The van der Waals surface area contributed by atoms with Crippen molar-refractivity contribution in [2.24, 2.45) is 0 Å². The zero-order valence-electron chi connectivity index (χ0n) is 16.7. The molecular formula is C23H23NO4S. The SMILES string of the molecule is CCc1cccc(OCC(=O)Nc2sc(C)c(-c3ccccc3)c2C(=O)OC)c1. The molecule has 3 rings (SSSR count). The number of hydrogen-bond donors (Lipinski definition) is 1. The summed E-state index contributed by atoms with van der Waals surface area (Å²) in [5, 5.41) is 3.27. The van der Waals surface area contributed by atoms with Gasteiger partial charge in [-0.1, -0.05) is 49.4 Å². The first-order chi connectivity index (χ1) is 14.0. The summed E-state index contributed by atoms with van der Waals surface area (Å²) in [6.07, 6.45) is 0.891. The van der Waals surface area contributed by atoms with E-state index in [0.29, 0.717) is 16.3 Å². The summed E-state index contributed by atoms with van der Waals surface area (Å²) in [5.74, 6) is -0.182. The average molecular weight is 410 g/mol. The summed E-state index contributed by atoms with van der Waals surface area (Å²) in [5.41, 5.74) is 3.17. The summed E-state index contributed by atoms with van der Waals surface area (Å²) in [7, 11) is 1.33. The largest absolute Gasteiger partial charge is 0.484 e. The van der Waals surface area contributed by atoms with Crippen LogP contribution in [0.1, 0.15) is 27.7 Å². The van der Waals surface area contributed by atoms with E-state index in [1.807, 2.05) is 61.5 Å². The van der Waals surface area contributed by atoms with Crippen LogP contribution in [0.2, 0.25) is 0 Å². The summed E-state index contributed by atoms with van der Waals surface area (Å²) >= 11 is 1.35. The second kappa shape index (κ2) is 9.39. The van der Waals surface area contributed by atoms with Crippen molar-refractivity contribution in [1.29, 1.82) is 0 Å². The van der Waals surface area contributed by atoms with Crippen LogP contribution in [0.25, 0.3) is 11.1 Å². The highest BCUT2D eigenvalue weighted by atomic mass is 32.1. The van der Waals surface area contributed by atoms with Crippen molar-refractivity contribution in [3.63, 3.8) is 0 Å². The van der Waals surface area contributed by atoms with Crippen molar-refractivity contribution in [1.82, 2.24) is 0 Å². The molecule has 0 aliphatic rings. The third-order valence-electron chi connectivity index (χ3n) is 4.47. The van der Waals surface area contributed by atoms with Gasteiger partial charge >= 0.3 is 5.97 Å². The fourth-order valence-corrected chi connectivity index (χ4v) is 4.13. The first kappa shape index (κ1) is 20.6. The highest BCUT2D eigenvalue weighted by Gasteiger charge is 2.25. The Labute approximate surface area is 174 Å². The number of carbonyl (C=O) groups is 2. The van der Waals surface area contributed by atoms with Crippen LogP contribution in [0.4, 0.5) is 5.00 Å². The van der Waals surface area contributed by atoms with E-state index in [0.717, 1.165) is 28.0 Å². The van der Waals surface area contributed by atoms with Gasteiger partial charge in [0.1, 0.15) is 16.3 Å². The molecule has 0 aliphatic heterocycles. The van der Waals surface area contributed by atoms with Crippen molar-refractivity contribution in [3.05, 3.63) is 70.6 Å². The van der Waals surface area contributed by atoms with E-state index in [1.54, 1.807) is 0 Å². The molecule has 0 saturated heterocycles. The van der Waals surface area contributed by atoms with Gasteiger partial charge in [0, 0.05) is 10.4 Å². The molecule has 150 valence electrons. The van der Waals surface area contributed by atoms with Crippen LogP contribution in [0, 0.1) is 6.92 Å². The number of thiophene rings is 1. The van der Waals surface area contributed by atoms with Crippen LogP contribution in [0.3, 0.4) is 0 Å². The van der Waals surface area contributed by atoms with E-state index in [1.165, 1.54) is 18.4 Å². The first-order valence-corrected chi connectivity index (χ1v) is 10.1. The fourth-order valence-electron chi connectivity index (χ4n) is 3.05. The first-order valence-electron chi connectivity index (χ1n) is 9.32. The van der Waals surface area contributed by atoms with Crippen molar-refractivity contribution in [2.45, 2.75) is 20.3 Å². The van der Waals surface area contributed by atoms with Gasteiger partial charge in [0.15, 0.2) is 6.61 Å². The molecule has 0 aliphatic carbocycles. The summed E-state index contributed by atoms with van der Waals surface area (Å²) < 4.78 is 10.6. The lowest BCUT2D eigenvalue weighted by Gasteiger charge is -2.09. The lowest BCUT2D eigenvalue weighted by molar-refractivity contribution is -0.118. The Morgan fingerprint density at radius 2 is 1.83 bits per heavy atom. The molecule has 0 unspecified atom stereocenters. The van der Waals surface area contributed by atoms with Gasteiger partial charge < -0.3 is 14.8 Å². The Kier molecular flexibility index (Phi) is 6.67. The number of esters is 1. The average Bonchev–Trinajstić information content (AvgIpc) is 3.07. The lowest BCUT2D eigenvalue weighted by Crippen LogP contribution is -2.21. The van der Waals surface area contributed by atoms with E-state index >= 15 is 0 Å². The molecule has 1 aromatic heterocycles. The molecule has 0 spiro atoms. The van der Waals surface area contributed by atoms with Gasteiger partial charge in [0.05, 0.1) is 7.11 Å². The van der Waals surface area contributed by atoms with E-state index in [9.17, 15) is 9.59 Å². The van der Waals surface area contributed by atoms with Crippen molar-refractivity contribution < 1.29 is 19.1 Å². The Hall–Kier alpha value is -3.12. The Morgan fingerprint density at radius 1 is 1.07 bits per heavy atom. The highest BCUT2D eigenvalue weighted by molar-refractivity contribution is 7.17. The van der Waals surface area contributed by atoms with Crippen LogP contribution in [-0.2, 0) is 16.0 Å². The number of aryl methyl sites for hydroxylation is 2. The topological polar surface area (TPSA) is 64.6 Å². The molecule has 0 atom stereocenters. The zero-order valence-corrected chi connectivity index (χ0v) is 17.5. The highest BCUT2D eigenvalue weighted by Crippen LogP contribution is 2.40. The third kappa shape index (κ3) is 4.84. The summed E-state index contributed by atoms with van der Waals surface area (Å²) in [6.45, 7) is 3.83. The third-order valence-corrected chi connectivity index (χ3v) is 5.49. The number of benzene rings is 2. The van der Waals surface area contributed by atoms with Gasteiger partial charge in [-0.2, -0.15) is 0 Å². The standard InChI is InChI=1S/C23H23NO4S/c1-4-16-9-8-12-18(13-16)28-14-19(25)24-22-21(23(26)27-3)20(15(2)29-22)17-10-6-5-7-11-17/h5-13H,4,14H2,1-3H3,(H,24,25). The van der Waals surface area contributed by atoms with E-state index in [2.05, 4.69) is 12.2 Å². The smallest absolute Gasteiger partial charge is 0.341 e. The van der Waals surface area contributed by atoms with E-state index < -0.39 is 5.97 Å². The molecular weight excluding hydrogens is 386 g/mol. The summed E-state index contributed by atoms with van der Waals surface area (Å²) in [4.78, 5) is 25.9. The molecule has 0 saturated carbocycles. The number of amides is 1. The maximum atomic E-state index is 12.5. The van der Waals surface area contributed by atoms with Gasteiger partial charge in [-0.05, 0) is 36.6 Å². The maximum absolute atomic E-state index is 12.5. The maximum Gasteiger partial charge on any atom is 0.341 e. The molecule has 1 heterocycles. The zero-order chi connectivity index (χ0) is 20.8. The number of nitrogens with one attached hydrogen (secondary N) is 1. The minimum absolute atomic E-state index is 0.147. The van der Waals surface area contributed by atoms with Crippen LogP contribution in [-0.4, -0.2) is 25.6 Å². The van der Waals surface area contributed by atoms with Gasteiger partial charge in [0.2, 0.25) is 0 Å². The van der Waals surface area contributed by atoms with Crippen molar-refractivity contribution in [3.8, 4) is 16.9 Å². The van der Waals surface area contributed by atoms with Gasteiger partial charge in [-0.3, -0.25) is 4.79 Å². The van der Waals surface area contributed by atoms with E-state index in [4.69, 9.17) is 9.47 Å². The summed E-state index contributed by atoms with van der Waals surface area (Å²) in [6, 6.07) is 17.2. The normalized spacial score (nSPS) is 10.4. The molecule has 2 aromatic carbocycles. The molecule has 6 heteroatoms. The number of methoxy groups -OCH3 is 1. The van der Waals surface area contributed by atoms with Crippen LogP contribution in [0.15, 0.2) is 54.6 Å². The molecule has 0 fully saturated rings. The molecule has 29 heavy (non-hydrogen) atoms. The monoisotopic (exact) mass is 409 g/mol. The van der Waals surface area contributed by atoms with Crippen LogP contribution in [0.5, 0.6) is 5.75 Å². The number of carbonyl (C=O) groups excluding carboxylic acids is 2. The Balaban J connectivity index is 1.81. The van der Waals surface area contributed by atoms with Gasteiger partial charge in [-0.25, -0.2) is 4.79 Å². The lowest BCUT2D eigenvalue weighted by atomic mass is 10.0.